The zero-order chi connectivity index (χ0) is 16.1. The maximum absolute atomic E-state index is 11.9. The number of esters is 1. The minimum Gasteiger partial charge on any atom is -0.452 e. The van der Waals surface area contributed by atoms with Crippen LogP contribution in [0.15, 0.2) is 18.2 Å². The Kier molecular flexibility index (Phi) is 5.58. The second-order valence-corrected chi connectivity index (χ2v) is 6.40. The third-order valence-electron chi connectivity index (χ3n) is 4.46. The summed E-state index contributed by atoms with van der Waals surface area (Å²) in [6, 6.07) is 5.63. The predicted molar refractivity (Wildman–Crippen MR) is 85.8 cm³/mol. The number of rotatable bonds is 4. The lowest BCUT2D eigenvalue weighted by Gasteiger charge is -2.26. The Bertz CT molecular complexity index is 545. The molecule has 0 heterocycles. The maximum Gasteiger partial charge on any atom is 0.338 e. The molecule has 4 nitrogen and oxygen atoms in total. The van der Waals surface area contributed by atoms with Crippen molar-refractivity contribution in [2.45, 2.75) is 52.5 Å². The number of nitrogens with one attached hydrogen (secondary N) is 1. The zero-order valence-electron chi connectivity index (χ0n) is 13.6. The molecule has 0 unspecified atom stereocenters. The number of hydrogen-bond donors (Lipinski definition) is 1. The Morgan fingerprint density at radius 1 is 1.14 bits per heavy atom. The smallest absolute Gasteiger partial charge is 0.338 e. The van der Waals surface area contributed by atoms with E-state index in [1.165, 1.54) is 0 Å². The molecule has 0 saturated heterocycles. The summed E-state index contributed by atoms with van der Waals surface area (Å²) >= 11 is 0. The molecule has 0 atom stereocenters. The van der Waals surface area contributed by atoms with Gasteiger partial charge in [-0.2, -0.15) is 0 Å². The highest BCUT2D eigenvalue weighted by molar-refractivity contribution is 5.91. The fourth-order valence-corrected chi connectivity index (χ4v) is 2.76. The number of benzene rings is 1. The quantitative estimate of drug-likeness (QED) is 0.869. The van der Waals surface area contributed by atoms with Crippen LogP contribution < -0.4 is 5.32 Å². The molecule has 1 N–H and O–H groups in total. The van der Waals surface area contributed by atoms with Crippen molar-refractivity contribution in [3.63, 3.8) is 0 Å². The van der Waals surface area contributed by atoms with Gasteiger partial charge in [0.1, 0.15) is 0 Å². The molecule has 22 heavy (non-hydrogen) atoms. The summed E-state index contributed by atoms with van der Waals surface area (Å²) in [6.07, 6.45) is 4.32. The molecule has 0 bridgehead atoms. The summed E-state index contributed by atoms with van der Waals surface area (Å²) in [6.45, 7) is 5.97. The van der Waals surface area contributed by atoms with E-state index in [0.717, 1.165) is 42.7 Å². The Balaban J connectivity index is 1.78. The van der Waals surface area contributed by atoms with Gasteiger partial charge in [-0.25, -0.2) is 4.79 Å². The number of hydrogen-bond acceptors (Lipinski definition) is 3. The summed E-state index contributed by atoms with van der Waals surface area (Å²) < 4.78 is 5.10. The number of carbonyl (C=O) groups excluding carboxylic acids is 2. The van der Waals surface area contributed by atoms with E-state index in [9.17, 15) is 9.59 Å². The molecule has 1 amide bonds. The molecule has 0 aliphatic heterocycles. The van der Waals surface area contributed by atoms with Crippen molar-refractivity contribution in [3.05, 3.63) is 34.9 Å². The molecule has 0 aromatic heterocycles. The van der Waals surface area contributed by atoms with Gasteiger partial charge in [0.15, 0.2) is 6.61 Å². The largest absolute Gasteiger partial charge is 0.452 e. The van der Waals surface area contributed by atoms with Crippen molar-refractivity contribution in [1.82, 2.24) is 5.32 Å². The fraction of sp³-hybridized carbons (Fsp3) is 0.556. The van der Waals surface area contributed by atoms with Crippen molar-refractivity contribution >= 4 is 11.9 Å². The molecular formula is C18H25NO3. The van der Waals surface area contributed by atoms with Gasteiger partial charge in [-0.1, -0.05) is 13.0 Å². The lowest BCUT2D eigenvalue weighted by atomic mass is 9.87. The minimum absolute atomic E-state index is 0.211. The first-order valence-electron chi connectivity index (χ1n) is 7.99. The summed E-state index contributed by atoms with van der Waals surface area (Å²) in [5.74, 6) is 0.0861. The Morgan fingerprint density at radius 3 is 2.45 bits per heavy atom. The van der Waals surface area contributed by atoms with E-state index in [2.05, 4.69) is 12.2 Å². The van der Waals surface area contributed by atoms with Gasteiger partial charge in [0.05, 0.1) is 5.56 Å². The van der Waals surface area contributed by atoms with Crippen molar-refractivity contribution in [2.75, 3.05) is 6.61 Å². The molecule has 1 aromatic rings. The molecule has 120 valence electrons. The van der Waals surface area contributed by atoms with Crippen molar-refractivity contribution < 1.29 is 14.3 Å². The first-order chi connectivity index (χ1) is 10.5. The van der Waals surface area contributed by atoms with Gasteiger partial charge in [-0.05, 0) is 68.7 Å². The summed E-state index contributed by atoms with van der Waals surface area (Å²) in [5, 5.41) is 2.95. The molecule has 1 aromatic carbocycles. The van der Waals surface area contributed by atoms with Crippen molar-refractivity contribution in [3.8, 4) is 0 Å². The second kappa shape index (κ2) is 7.43. The van der Waals surface area contributed by atoms with E-state index in [0.29, 0.717) is 5.56 Å². The first kappa shape index (κ1) is 16.5. The third-order valence-corrected chi connectivity index (χ3v) is 4.46. The topological polar surface area (TPSA) is 55.4 Å². The van der Waals surface area contributed by atoms with Crippen LogP contribution in [0.4, 0.5) is 0 Å². The van der Waals surface area contributed by atoms with Gasteiger partial charge in [0, 0.05) is 6.04 Å². The molecule has 2 rings (SSSR count). The Hall–Kier alpha value is -1.84. The van der Waals surface area contributed by atoms with E-state index in [4.69, 9.17) is 4.74 Å². The highest BCUT2D eigenvalue weighted by atomic mass is 16.5. The van der Waals surface area contributed by atoms with Gasteiger partial charge in [-0.15, -0.1) is 0 Å². The second-order valence-electron chi connectivity index (χ2n) is 6.40. The number of carbonyl (C=O) groups is 2. The van der Waals surface area contributed by atoms with Gasteiger partial charge >= 0.3 is 5.97 Å². The monoisotopic (exact) mass is 303 g/mol. The minimum atomic E-state index is -0.449. The molecule has 1 aliphatic rings. The lowest BCUT2D eigenvalue weighted by Crippen LogP contribution is -2.39. The molecule has 1 fully saturated rings. The highest BCUT2D eigenvalue weighted by Gasteiger charge is 2.20. The normalized spacial score (nSPS) is 21.2. The highest BCUT2D eigenvalue weighted by Crippen LogP contribution is 2.23. The predicted octanol–water partition coefficient (Wildman–Crippen LogP) is 3.16. The van der Waals surface area contributed by atoms with Gasteiger partial charge in [0.2, 0.25) is 0 Å². The zero-order valence-corrected chi connectivity index (χ0v) is 13.6. The molecule has 0 radical (unpaired) electrons. The Labute approximate surface area is 132 Å². The average Bonchev–Trinajstić information content (AvgIpc) is 2.50. The van der Waals surface area contributed by atoms with Gasteiger partial charge < -0.3 is 10.1 Å². The number of ether oxygens (including phenoxy) is 1. The van der Waals surface area contributed by atoms with Crippen LogP contribution in [0, 0.1) is 19.8 Å². The van der Waals surface area contributed by atoms with Crippen LogP contribution in [0.2, 0.25) is 0 Å². The van der Waals surface area contributed by atoms with Gasteiger partial charge in [-0.3, -0.25) is 4.79 Å². The first-order valence-corrected chi connectivity index (χ1v) is 7.99. The Morgan fingerprint density at radius 2 is 1.82 bits per heavy atom. The van der Waals surface area contributed by atoms with E-state index in [1.807, 2.05) is 19.9 Å². The number of amides is 1. The van der Waals surface area contributed by atoms with Crippen molar-refractivity contribution in [2.24, 2.45) is 5.92 Å². The summed E-state index contributed by atoms with van der Waals surface area (Å²) in [4.78, 5) is 23.8. The third kappa shape index (κ3) is 4.58. The van der Waals surface area contributed by atoms with E-state index < -0.39 is 5.97 Å². The van der Waals surface area contributed by atoms with Crippen molar-refractivity contribution in [1.29, 1.82) is 0 Å². The van der Waals surface area contributed by atoms with Crippen LogP contribution in [-0.2, 0) is 9.53 Å². The van der Waals surface area contributed by atoms with Gasteiger partial charge in [0.25, 0.3) is 5.91 Å². The summed E-state index contributed by atoms with van der Waals surface area (Å²) in [5.41, 5.74) is 2.65. The molecule has 1 saturated carbocycles. The van der Waals surface area contributed by atoms with Crippen LogP contribution >= 0.6 is 0 Å². The van der Waals surface area contributed by atoms with Crippen LogP contribution in [0.25, 0.3) is 0 Å². The van der Waals surface area contributed by atoms with E-state index in [-0.39, 0.29) is 18.6 Å². The SMILES string of the molecule is Cc1ccc(C(=O)OCC(=O)NC2CCC(C)CC2)cc1C. The van der Waals surface area contributed by atoms with E-state index in [1.54, 1.807) is 12.1 Å². The molecule has 0 spiro atoms. The summed E-state index contributed by atoms with van der Waals surface area (Å²) in [7, 11) is 0. The van der Waals surface area contributed by atoms with Crippen LogP contribution in [-0.4, -0.2) is 24.5 Å². The van der Waals surface area contributed by atoms with E-state index >= 15 is 0 Å². The molecule has 1 aliphatic carbocycles. The van der Waals surface area contributed by atoms with Crippen LogP contribution in [0.5, 0.6) is 0 Å². The molecule has 4 heteroatoms. The lowest BCUT2D eigenvalue weighted by molar-refractivity contribution is -0.125. The maximum atomic E-state index is 11.9. The molecular weight excluding hydrogens is 278 g/mol. The average molecular weight is 303 g/mol. The van der Waals surface area contributed by atoms with Crippen LogP contribution in [0.3, 0.4) is 0 Å². The fourth-order valence-electron chi connectivity index (χ4n) is 2.76. The standard InChI is InChI=1S/C18H25NO3/c1-12-4-8-16(9-5-12)19-17(20)11-22-18(21)15-7-6-13(2)14(3)10-15/h6-7,10,12,16H,4-5,8-9,11H2,1-3H3,(H,19,20). The van der Waals surface area contributed by atoms with Crippen LogP contribution in [0.1, 0.15) is 54.1 Å². The number of aryl methyl sites for hydroxylation is 2.